The van der Waals surface area contributed by atoms with Gasteiger partial charge in [-0.3, -0.25) is 4.79 Å². The highest BCUT2D eigenvalue weighted by Gasteiger charge is 2.27. The molecule has 0 saturated carbocycles. The lowest BCUT2D eigenvalue weighted by Gasteiger charge is -2.32. The van der Waals surface area contributed by atoms with Crippen LogP contribution < -0.4 is 0 Å². The van der Waals surface area contributed by atoms with E-state index in [4.69, 9.17) is 9.72 Å². The molecule has 2 heterocycles. The maximum absolute atomic E-state index is 12.9. The largest absolute Gasteiger partial charge is 0.465 e. The predicted molar refractivity (Wildman–Crippen MR) is 102 cm³/mol. The lowest BCUT2D eigenvalue weighted by atomic mass is 9.96. The molecule has 1 fully saturated rings. The van der Waals surface area contributed by atoms with E-state index in [1.807, 2.05) is 29.2 Å². The quantitative estimate of drug-likeness (QED) is 0.724. The molecule has 0 unspecified atom stereocenters. The molecule has 1 amide bonds. The highest BCUT2D eigenvalue weighted by Crippen LogP contribution is 2.27. The number of benzene rings is 2. The monoisotopic (exact) mass is 363 g/mol. The molecule has 138 valence electrons. The van der Waals surface area contributed by atoms with Crippen molar-refractivity contribution in [1.82, 2.24) is 14.9 Å². The number of aromatic amines is 1. The summed E-state index contributed by atoms with van der Waals surface area (Å²) in [5, 5.41) is 0. The smallest absolute Gasteiger partial charge is 0.337 e. The first-order valence-electron chi connectivity index (χ1n) is 9.08. The average Bonchev–Trinajstić information content (AvgIpc) is 3.17. The minimum absolute atomic E-state index is 0.0211. The van der Waals surface area contributed by atoms with Crippen LogP contribution in [0.4, 0.5) is 0 Å². The van der Waals surface area contributed by atoms with E-state index in [0.717, 1.165) is 36.2 Å². The number of piperidine rings is 1. The number of fused-ring (bicyclic) bond motifs is 1. The molecule has 6 heteroatoms. The lowest BCUT2D eigenvalue weighted by Crippen LogP contribution is -2.39. The number of likely N-dealkylation sites (tertiary alicyclic amines) is 1. The van der Waals surface area contributed by atoms with Crippen LogP contribution in [0.1, 0.15) is 45.3 Å². The Kier molecular flexibility index (Phi) is 4.62. The summed E-state index contributed by atoms with van der Waals surface area (Å²) in [6.07, 6.45) is 1.94. The van der Waals surface area contributed by atoms with Crippen molar-refractivity contribution in [1.29, 1.82) is 0 Å². The molecule has 1 aromatic heterocycles. The van der Waals surface area contributed by atoms with Crippen LogP contribution in [0.3, 0.4) is 0 Å². The molecule has 1 atom stereocenters. The fraction of sp³-hybridized carbons (Fsp3) is 0.286. The Hall–Kier alpha value is -3.15. The van der Waals surface area contributed by atoms with Crippen molar-refractivity contribution in [2.24, 2.45) is 0 Å². The summed E-state index contributed by atoms with van der Waals surface area (Å²) in [7, 11) is 1.34. The van der Waals surface area contributed by atoms with Crippen molar-refractivity contribution in [3.05, 3.63) is 65.5 Å². The molecule has 0 aliphatic carbocycles. The highest BCUT2D eigenvalue weighted by molar-refractivity contribution is 5.96. The lowest BCUT2D eigenvalue weighted by molar-refractivity contribution is 0.0599. The molecule has 6 nitrogen and oxygen atoms in total. The number of carbonyl (C=O) groups excluding carboxylic acids is 2. The molecule has 1 aliphatic heterocycles. The van der Waals surface area contributed by atoms with Crippen molar-refractivity contribution in [3.63, 3.8) is 0 Å². The van der Waals surface area contributed by atoms with Gasteiger partial charge in [-0.05, 0) is 49.2 Å². The van der Waals surface area contributed by atoms with Crippen molar-refractivity contribution in [2.45, 2.75) is 18.8 Å². The molecule has 27 heavy (non-hydrogen) atoms. The number of hydrogen-bond acceptors (Lipinski definition) is 4. The third-order valence-electron chi connectivity index (χ3n) is 5.06. The van der Waals surface area contributed by atoms with Crippen LogP contribution in [0, 0.1) is 0 Å². The van der Waals surface area contributed by atoms with E-state index in [2.05, 4.69) is 4.98 Å². The summed E-state index contributed by atoms with van der Waals surface area (Å²) in [5.41, 5.74) is 2.99. The molecule has 1 saturated heterocycles. The third kappa shape index (κ3) is 3.43. The summed E-state index contributed by atoms with van der Waals surface area (Å²) in [6.45, 7) is 1.37. The van der Waals surface area contributed by atoms with Crippen LogP contribution in [-0.2, 0) is 4.74 Å². The van der Waals surface area contributed by atoms with Gasteiger partial charge in [0.05, 0.1) is 23.7 Å². The number of rotatable bonds is 3. The molecule has 4 rings (SSSR count). The number of amides is 1. The van der Waals surface area contributed by atoms with E-state index in [1.54, 1.807) is 24.3 Å². The number of para-hydroxylation sites is 2. The van der Waals surface area contributed by atoms with Gasteiger partial charge in [0.25, 0.3) is 5.91 Å². The fourth-order valence-corrected chi connectivity index (χ4v) is 3.60. The first kappa shape index (κ1) is 17.3. The van der Waals surface area contributed by atoms with E-state index < -0.39 is 5.97 Å². The van der Waals surface area contributed by atoms with Gasteiger partial charge in [0.1, 0.15) is 5.82 Å². The molecule has 0 radical (unpaired) electrons. The molecule has 1 aliphatic rings. The second-order valence-electron chi connectivity index (χ2n) is 6.80. The van der Waals surface area contributed by atoms with Crippen LogP contribution in [0.15, 0.2) is 48.5 Å². The number of carbonyl (C=O) groups is 2. The first-order valence-corrected chi connectivity index (χ1v) is 9.08. The van der Waals surface area contributed by atoms with Gasteiger partial charge in [0, 0.05) is 24.6 Å². The third-order valence-corrected chi connectivity index (χ3v) is 5.06. The number of esters is 1. The summed E-state index contributed by atoms with van der Waals surface area (Å²) in [6, 6.07) is 14.6. The van der Waals surface area contributed by atoms with Crippen LogP contribution in [0.5, 0.6) is 0 Å². The van der Waals surface area contributed by atoms with Crippen molar-refractivity contribution >= 4 is 22.9 Å². The number of nitrogens with zero attached hydrogens (tertiary/aromatic N) is 2. The van der Waals surface area contributed by atoms with E-state index in [0.29, 0.717) is 17.7 Å². The Morgan fingerprint density at radius 2 is 1.85 bits per heavy atom. The van der Waals surface area contributed by atoms with Crippen LogP contribution in [0.2, 0.25) is 0 Å². The number of ether oxygens (including phenoxy) is 1. The zero-order valence-corrected chi connectivity index (χ0v) is 15.1. The van der Waals surface area contributed by atoms with Gasteiger partial charge >= 0.3 is 5.97 Å². The number of nitrogens with one attached hydrogen (secondary N) is 1. The van der Waals surface area contributed by atoms with Gasteiger partial charge in [0.2, 0.25) is 0 Å². The van der Waals surface area contributed by atoms with Crippen LogP contribution >= 0.6 is 0 Å². The van der Waals surface area contributed by atoms with Gasteiger partial charge in [-0.1, -0.05) is 12.1 Å². The van der Waals surface area contributed by atoms with Crippen molar-refractivity contribution < 1.29 is 14.3 Å². The molecule has 1 N–H and O–H groups in total. The van der Waals surface area contributed by atoms with E-state index in [1.165, 1.54) is 7.11 Å². The number of methoxy groups -OCH3 is 1. The normalized spacial score (nSPS) is 17.1. The number of hydrogen-bond donors (Lipinski definition) is 1. The SMILES string of the molecule is COC(=O)c1ccc(C(=O)N2CCC[C@@H](c3nc4ccccc4[nH]3)C2)cc1. The minimum atomic E-state index is -0.406. The molecule has 2 aromatic carbocycles. The van der Waals surface area contributed by atoms with E-state index in [-0.39, 0.29) is 11.8 Å². The van der Waals surface area contributed by atoms with Gasteiger partial charge in [-0.25, -0.2) is 9.78 Å². The zero-order chi connectivity index (χ0) is 18.8. The van der Waals surface area contributed by atoms with Crippen molar-refractivity contribution in [2.75, 3.05) is 20.2 Å². The average molecular weight is 363 g/mol. The van der Waals surface area contributed by atoms with E-state index in [9.17, 15) is 9.59 Å². The number of aromatic nitrogens is 2. The molecule has 0 bridgehead atoms. The molecule has 0 spiro atoms. The molecular weight excluding hydrogens is 342 g/mol. The Morgan fingerprint density at radius 3 is 2.59 bits per heavy atom. The number of imidazole rings is 1. The van der Waals surface area contributed by atoms with Crippen LogP contribution in [-0.4, -0.2) is 46.9 Å². The first-order chi connectivity index (χ1) is 13.2. The standard InChI is InChI=1S/C21H21N3O3/c1-27-21(26)15-10-8-14(9-11-15)20(25)24-12-4-5-16(13-24)19-22-17-6-2-3-7-18(17)23-19/h2-3,6-11,16H,4-5,12-13H2,1H3,(H,22,23)/t16-/m1/s1. The Bertz CT molecular complexity index is 945. The summed E-state index contributed by atoms with van der Waals surface area (Å²) < 4.78 is 4.70. The fourth-order valence-electron chi connectivity index (χ4n) is 3.60. The summed E-state index contributed by atoms with van der Waals surface area (Å²) in [4.78, 5) is 34.4. The summed E-state index contributed by atoms with van der Waals surface area (Å²) in [5.74, 6) is 0.711. The second-order valence-corrected chi connectivity index (χ2v) is 6.80. The summed E-state index contributed by atoms with van der Waals surface area (Å²) >= 11 is 0. The van der Waals surface area contributed by atoms with Crippen molar-refractivity contribution in [3.8, 4) is 0 Å². The predicted octanol–water partition coefficient (Wildman–Crippen LogP) is 3.37. The van der Waals surface area contributed by atoms with Gasteiger partial charge in [-0.15, -0.1) is 0 Å². The Morgan fingerprint density at radius 1 is 1.11 bits per heavy atom. The van der Waals surface area contributed by atoms with Gasteiger partial charge in [0.15, 0.2) is 0 Å². The molecule has 3 aromatic rings. The maximum atomic E-state index is 12.9. The zero-order valence-electron chi connectivity index (χ0n) is 15.1. The van der Waals surface area contributed by atoms with Crippen LogP contribution in [0.25, 0.3) is 11.0 Å². The molecular formula is C21H21N3O3. The Balaban J connectivity index is 1.50. The second kappa shape index (κ2) is 7.23. The van der Waals surface area contributed by atoms with Gasteiger partial charge < -0.3 is 14.6 Å². The van der Waals surface area contributed by atoms with E-state index >= 15 is 0 Å². The Labute approximate surface area is 157 Å². The highest BCUT2D eigenvalue weighted by atomic mass is 16.5. The topological polar surface area (TPSA) is 75.3 Å². The van der Waals surface area contributed by atoms with Gasteiger partial charge in [-0.2, -0.15) is 0 Å². The maximum Gasteiger partial charge on any atom is 0.337 e. The minimum Gasteiger partial charge on any atom is -0.465 e. The number of H-pyrrole nitrogens is 1.